The van der Waals surface area contributed by atoms with Crippen LogP contribution < -0.4 is 5.32 Å². The predicted molar refractivity (Wildman–Crippen MR) is 99.9 cm³/mol. The molecule has 1 aliphatic heterocycles. The lowest BCUT2D eigenvalue weighted by molar-refractivity contribution is -0.131. The molecule has 1 N–H and O–H groups in total. The summed E-state index contributed by atoms with van der Waals surface area (Å²) in [5, 5.41) is 7.45. The zero-order valence-electron chi connectivity index (χ0n) is 15.4. The number of aromatic nitrogens is 2. The largest absolute Gasteiger partial charge is 0.349 e. The van der Waals surface area contributed by atoms with E-state index in [1.807, 2.05) is 60.0 Å². The zero-order valence-corrected chi connectivity index (χ0v) is 15.4. The van der Waals surface area contributed by atoms with Gasteiger partial charge in [0.2, 0.25) is 5.91 Å². The lowest BCUT2D eigenvalue weighted by Crippen LogP contribution is -2.47. The van der Waals surface area contributed by atoms with E-state index in [1.54, 1.807) is 0 Å². The summed E-state index contributed by atoms with van der Waals surface area (Å²) >= 11 is 0. The number of hydrogen-bond acceptors (Lipinski definition) is 3. The molecule has 1 saturated heterocycles. The Bertz CT molecular complexity index is 758. The van der Waals surface area contributed by atoms with Crippen LogP contribution in [0.2, 0.25) is 0 Å². The Labute approximate surface area is 154 Å². The van der Waals surface area contributed by atoms with Crippen LogP contribution in [0.4, 0.5) is 0 Å². The number of likely N-dealkylation sites (tertiary alicyclic amines) is 1. The second kappa shape index (κ2) is 8.17. The Morgan fingerprint density at radius 3 is 2.46 bits per heavy atom. The second-order valence-electron chi connectivity index (χ2n) is 6.83. The summed E-state index contributed by atoms with van der Waals surface area (Å²) in [5.74, 6) is 0.0644. The van der Waals surface area contributed by atoms with Crippen LogP contribution in [0, 0.1) is 6.92 Å². The average molecular weight is 354 g/mol. The molecule has 2 aromatic rings. The number of rotatable bonds is 5. The lowest BCUT2D eigenvalue weighted by atomic mass is 10.0. The van der Waals surface area contributed by atoms with E-state index in [-0.39, 0.29) is 17.9 Å². The molecule has 0 atom stereocenters. The highest BCUT2D eigenvalue weighted by atomic mass is 16.2. The molecule has 0 aliphatic carbocycles. The van der Waals surface area contributed by atoms with Crippen LogP contribution in [0.25, 0.3) is 0 Å². The van der Waals surface area contributed by atoms with Gasteiger partial charge in [-0.25, -0.2) is 0 Å². The van der Waals surface area contributed by atoms with Gasteiger partial charge in [-0.05, 0) is 44.9 Å². The summed E-state index contributed by atoms with van der Waals surface area (Å²) in [5.41, 5.74) is 2.63. The maximum atomic E-state index is 12.4. The van der Waals surface area contributed by atoms with Crippen molar-refractivity contribution in [3.05, 3.63) is 53.3 Å². The van der Waals surface area contributed by atoms with Crippen molar-refractivity contribution in [2.75, 3.05) is 13.1 Å². The van der Waals surface area contributed by atoms with Gasteiger partial charge < -0.3 is 10.2 Å². The van der Waals surface area contributed by atoms with E-state index in [1.165, 1.54) is 0 Å². The van der Waals surface area contributed by atoms with E-state index >= 15 is 0 Å². The van der Waals surface area contributed by atoms with Gasteiger partial charge in [0.05, 0.1) is 12.1 Å². The predicted octanol–water partition coefficient (Wildman–Crippen LogP) is 2.17. The molecule has 0 unspecified atom stereocenters. The fourth-order valence-electron chi connectivity index (χ4n) is 3.19. The first-order chi connectivity index (χ1) is 12.5. The molecular formula is C20H26N4O2. The summed E-state index contributed by atoms with van der Waals surface area (Å²) in [7, 11) is 0. The van der Waals surface area contributed by atoms with Crippen molar-refractivity contribution in [1.82, 2.24) is 20.0 Å². The number of hydrogen-bond donors (Lipinski definition) is 1. The molecule has 1 aromatic carbocycles. The normalized spacial score (nSPS) is 15.1. The maximum absolute atomic E-state index is 12.4. The molecule has 2 heterocycles. The van der Waals surface area contributed by atoms with E-state index in [0.29, 0.717) is 25.1 Å². The monoisotopic (exact) mass is 354 g/mol. The van der Waals surface area contributed by atoms with Gasteiger partial charge in [-0.2, -0.15) is 5.10 Å². The third kappa shape index (κ3) is 4.50. The molecule has 6 heteroatoms. The van der Waals surface area contributed by atoms with E-state index in [9.17, 15) is 9.59 Å². The van der Waals surface area contributed by atoms with Crippen LogP contribution in [0.1, 0.15) is 41.4 Å². The number of nitrogens with zero attached hydrogens (tertiary/aromatic N) is 3. The smallest absolute Gasteiger partial charge is 0.251 e. The Morgan fingerprint density at radius 1 is 1.15 bits per heavy atom. The Balaban J connectivity index is 1.46. The van der Waals surface area contributed by atoms with Gasteiger partial charge in [0.25, 0.3) is 5.91 Å². The molecular weight excluding hydrogens is 328 g/mol. The number of carbonyl (C=O) groups excluding carboxylic acids is 2. The molecule has 138 valence electrons. The third-order valence-corrected chi connectivity index (χ3v) is 4.85. The zero-order chi connectivity index (χ0) is 18.5. The molecule has 1 fully saturated rings. The van der Waals surface area contributed by atoms with Gasteiger partial charge in [0.1, 0.15) is 0 Å². The van der Waals surface area contributed by atoms with Gasteiger partial charge in [-0.3, -0.25) is 14.3 Å². The average Bonchev–Trinajstić information content (AvgIpc) is 3.10. The number of amides is 2. The summed E-state index contributed by atoms with van der Waals surface area (Å²) in [6.07, 6.45) is 3.81. The first-order valence-corrected chi connectivity index (χ1v) is 9.23. The Hall–Kier alpha value is -2.63. The second-order valence-corrected chi connectivity index (χ2v) is 6.83. The van der Waals surface area contributed by atoms with E-state index in [4.69, 9.17) is 0 Å². The van der Waals surface area contributed by atoms with Crippen LogP contribution in [0.5, 0.6) is 0 Å². The molecule has 1 aliphatic rings. The fourth-order valence-corrected chi connectivity index (χ4v) is 3.19. The summed E-state index contributed by atoms with van der Waals surface area (Å²) in [6.45, 7) is 6.17. The minimum Gasteiger partial charge on any atom is -0.349 e. The topological polar surface area (TPSA) is 67.2 Å². The van der Waals surface area contributed by atoms with Crippen molar-refractivity contribution >= 4 is 11.8 Å². The van der Waals surface area contributed by atoms with Gasteiger partial charge in [0, 0.05) is 37.4 Å². The third-order valence-electron chi connectivity index (χ3n) is 4.85. The SMILES string of the molecule is CCn1ccc(CC(=O)N2CCC(NC(=O)c3ccc(C)cc3)CC2)n1. The van der Waals surface area contributed by atoms with E-state index in [0.717, 1.165) is 30.6 Å². The molecule has 1 aromatic heterocycles. The quantitative estimate of drug-likeness (QED) is 0.895. The van der Waals surface area contributed by atoms with Gasteiger partial charge in [-0.1, -0.05) is 17.7 Å². The maximum Gasteiger partial charge on any atom is 0.251 e. The number of aryl methyl sites for hydroxylation is 2. The van der Waals surface area contributed by atoms with Crippen LogP contribution in [-0.2, 0) is 17.8 Å². The van der Waals surface area contributed by atoms with Crippen molar-refractivity contribution in [2.24, 2.45) is 0 Å². The van der Waals surface area contributed by atoms with Crippen LogP contribution in [0.15, 0.2) is 36.5 Å². The molecule has 0 bridgehead atoms. The molecule has 26 heavy (non-hydrogen) atoms. The number of piperidine rings is 1. The number of nitrogens with one attached hydrogen (secondary N) is 1. The Kier molecular flexibility index (Phi) is 5.71. The summed E-state index contributed by atoms with van der Waals surface area (Å²) in [6, 6.07) is 9.59. The number of benzene rings is 1. The molecule has 2 amide bonds. The van der Waals surface area contributed by atoms with E-state index < -0.39 is 0 Å². The lowest BCUT2D eigenvalue weighted by Gasteiger charge is -2.32. The first kappa shape index (κ1) is 18.2. The van der Waals surface area contributed by atoms with Crippen molar-refractivity contribution < 1.29 is 9.59 Å². The summed E-state index contributed by atoms with van der Waals surface area (Å²) in [4.78, 5) is 26.6. The minimum atomic E-state index is -0.0418. The Morgan fingerprint density at radius 2 is 1.85 bits per heavy atom. The van der Waals surface area contributed by atoms with Gasteiger partial charge in [0.15, 0.2) is 0 Å². The highest BCUT2D eigenvalue weighted by molar-refractivity contribution is 5.94. The van der Waals surface area contributed by atoms with Crippen LogP contribution >= 0.6 is 0 Å². The highest BCUT2D eigenvalue weighted by Gasteiger charge is 2.24. The first-order valence-electron chi connectivity index (χ1n) is 9.23. The van der Waals surface area contributed by atoms with Crippen molar-refractivity contribution in [1.29, 1.82) is 0 Å². The number of carbonyl (C=O) groups is 2. The van der Waals surface area contributed by atoms with Crippen molar-refractivity contribution in [2.45, 2.75) is 45.7 Å². The standard InChI is InChI=1S/C20H26N4O2/c1-3-24-13-10-18(22-24)14-19(25)23-11-8-17(9-12-23)21-20(26)16-6-4-15(2)5-7-16/h4-7,10,13,17H,3,8-9,11-12,14H2,1-2H3,(H,21,26). The van der Waals surface area contributed by atoms with Crippen LogP contribution in [-0.4, -0.2) is 45.6 Å². The van der Waals surface area contributed by atoms with Crippen molar-refractivity contribution in [3.8, 4) is 0 Å². The summed E-state index contributed by atoms with van der Waals surface area (Å²) < 4.78 is 1.83. The molecule has 0 saturated carbocycles. The molecule has 3 rings (SSSR count). The van der Waals surface area contributed by atoms with E-state index in [2.05, 4.69) is 10.4 Å². The highest BCUT2D eigenvalue weighted by Crippen LogP contribution is 2.13. The van der Waals surface area contributed by atoms with Crippen LogP contribution in [0.3, 0.4) is 0 Å². The molecule has 0 spiro atoms. The fraction of sp³-hybridized carbons (Fsp3) is 0.450. The molecule has 6 nitrogen and oxygen atoms in total. The molecule has 0 radical (unpaired) electrons. The van der Waals surface area contributed by atoms with Gasteiger partial charge >= 0.3 is 0 Å². The van der Waals surface area contributed by atoms with Crippen molar-refractivity contribution in [3.63, 3.8) is 0 Å². The minimum absolute atomic E-state index is 0.0418. The van der Waals surface area contributed by atoms with Gasteiger partial charge in [-0.15, -0.1) is 0 Å².